The quantitative estimate of drug-likeness (QED) is 0.806. The molecule has 0 spiro atoms. The lowest BCUT2D eigenvalue weighted by molar-refractivity contribution is 0.0859. The normalized spacial score (nSPS) is 16.0. The highest BCUT2D eigenvalue weighted by atomic mass is 16.6. The van der Waals surface area contributed by atoms with Gasteiger partial charge in [-0.3, -0.25) is 4.79 Å². The molecule has 0 saturated carbocycles. The van der Waals surface area contributed by atoms with E-state index in [9.17, 15) is 9.59 Å². The number of hydrogen-bond acceptors (Lipinski definition) is 6. The molecule has 1 N–H and O–H groups in total. The number of likely N-dealkylation sites (tertiary alicyclic amines) is 1. The number of carbonyl (C=O) groups excluding carboxylic acids is 2. The Kier molecular flexibility index (Phi) is 5.29. The van der Waals surface area contributed by atoms with Crippen molar-refractivity contribution in [2.75, 3.05) is 31.6 Å². The SMILES string of the molecule is N#Cc1ccc(C(=O)C2CCN(C(=O)Nc3ccnc4c3OCCO4)CC2)cc1. The van der Waals surface area contributed by atoms with Crippen molar-refractivity contribution in [3.63, 3.8) is 0 Å². The number of ketones is 1. The van der Waals surface area contributed by atoms with Crippen molar-refractivity contribution in [1.29, 1.82) is 5.26 Å². The van der Waals surface area contributed by atoms with Gasteiger partial charge in [-0.15, -0.1) is 0 Å². The fourth-order valence-electron chi connectivity index (χ4n) is 3.54. The zero-order valence-electron chi connectivity index (χ0n) is 15.8. The van der Waals surface area contributed by atoms with Crippen LogP contribution in [0.5, 0.6) is 11.6 Å². The van der Waals surface area contributed by atoms with Gasteiger partial charge in [-0.05, 0) is 31.0 Å². The van der Waals surface area contributed by atoms with Gasteiger partial charge in [0.15, 0.2) is 5.78 Å². The van der Waals surface area contributed by atoms with Crippen LogP contribution in [0.4, 0.5) is 10.5 Å². The Hall–Kier alpha value is -3.60. The van der Waals surface area contributed by atoms with Crippen molar-refractivity contribution in [3.8, 4) is 17.7 Å². The van der Waals surface area contributed by atoms with E-state index >= 15 is 0 Å². The number of hydrogen-bond donors (Lipinski definition) is 1. The van der Waals surface area contributed by atoms with Crippen LogP contribution in [0.15, 0.2) is 36.5 Å². The van der Waals surface area contributed by atoms with E-state index in [2.05, 4.69) is 10.3 Å². The lowest BCUT2D eigenvalue weighted by Crippen LogP contribution is -2.42. The average molecular weight is 392 g/mol. The van der Waals surface area contributed by atoms with Crippen molar-refractivity contribution in [2.24, 2.45) is 5.92 Å². The molecule has 1 fully saturated rings. The molecule has 0 radical (unpaired) electrons. The molecule has 3 heterocycles. The molecule has 8 heteroatoms. The molecule has 29 heavy (non-hydrogen) atoms. The molecule has 0 aliphatic carbocycles. The van der Waals surface area contributed by atoms with Crippen LogP contribution in [0.2, 0.25) is 0 Å². The summed E-state index contributed by atoms with van der Waals surface area (Å²) in [6.07, 6.45) is 2.76. The van der Waals surface area contributed by atoms with E-state index in [0.717, 1.165) is 0 Å². The monoisotopic (exact) mass is 392 g/mol. The Morgan fingerprint density at radius 2 is 1.83 bits per heavy atom. The number of ether oxygens (including phenoxy) is 2. The molecular weight excluding hydrogens is 372 g/mol. The Morgan fingerprint density at radius 1 is 1.10 bits per heavy atom. The molecule has 1 aromatic carbocycles. The second-order valence-electron chi connectivity index (χ2n) is 6.93. The van der Waals surface area contributed by atoms with E-state index in [0.29, 0.717) is 67.6 Å². The molecule has 2 aliphatic heterocycles. The largest absolute Gasteiger partial charge is 0.483 e. The number of nitriles is 1. The first-order chi connectivity index (χ1) is 14.2. The van der Waals surface area contributed by atoms with Crippen LogP contribution in [-0.2, 0) is 0 Å². The first-order valence-electron chi connectivity index (χ1n) is 9.50. The van der Waals surface area contributed by atoms with Crippen molar-refractivity contribution < 1.29 is 19.1 Å². The summed E-state index contributed by atoms with van der Waals surface area (Å²) >= 11 is 0. The number of urea groups is 1. The van der Waals surface area contributed by atoms with Crippen LogP contribution >= 0.6 is 0 Å². The smallest absolute Gasteiger partial charge is 0.321 e. The maximum absolute atomic E-state index is 12.7. The Labute approximate surface area is 168 Å². The third-order valence-electron chi connectivity index (χ3n) is 5.13. The Bertz CT molecular complexity index is 960. The number of rotatable bonds is 3. The van der Waals surface area contributed by atoms with Crippen molar-refractivity contribution >= 4 is 17.5 Å². The Balaban J connectivity index is 1.35. The maximum atomic E-state index is 12.7. The van der Waals surface area contributed by atoms with Crippen LogP contribution in [0.25, 0.3) is 0 Å². The fraction of sp³-hybridized carbons (Fsp3) is 0.333. The van der Waals surface area contributed by atoms with E-state index in [4.69, 9.17) is 14.7 Å². The van der Waals surface area contributed by atoms with E-state index < -0.39 is 0 Å². The highest BCUT2D eigenvalue weighted by Crippen LogP contribution is 2.35. The maximum Gasteiger partial charge on any atom is 0.321 e. The van der Waals surface area contributed by atoms with E-state index in [1.54, 1.807) is 41.4 Å². The second kappa shape index (κ2) is 8.19. The molecule has 0 bridgehead atoms. The van der Waals surface area contributed by atoms with Gasteiger partial charge in [0.25, 0.3) is 5.88 Å². The molecule has 4 rings (SSSR count). The minimum Gasteiger partial charge on any atom is -0.483 e. The first-order valence-corrected chi connectivity index (χ1v) is 9.50. The summed E-state index contributed by atoms with van der Waals surface area (Å²) in [5.74, 6) is 0.749. The number of nitrogens with zero attached hydrogens (tertiary/aromatic N) is 3. The van der Waals surface area contributed by atoms with Crippen LogP contribution < -0.4 is 14.8 Å². The topological polar surface area (TPSA) is 105 Å². The number of carbonyl (C=O) groups is 2. The van der Waals surface area contributed by atoms with Crippen LogP contribution in [0.1, 0.15) is 28.8 Å². The van der Waals surface area contributed by atoms with Gasteiger partial charge in [-0.1, -0.05) is 12.1 Å². The number of aromatic nitrogens is 1. The molecule has 0 atom stereocenters. The second-order valence-corrected chi connectivity index (χ2v) is 6.93. The average Bonchev–Trinajstić information content (AvgIpc) is 2.79. The highest BCUT2D eigenvalue weighted by Gasteiger charge is 2.29. The van der Waals surface area contributed by atoms with Gasteiger partial charge in [0.05, 0.1) is 17.3 Å². The van der Waals surface area contributed by atoms with Gasteiger partial charge >= 0.3 is 6.03 Å². The summed E-state index contributed by atoms with van der Waals surface area (Å²) < 4.78 is 11.0. The van der Waals surface area contributed by atoms with E-state index in [-0.39, 0.29) is 17.7 Å². The number of nitrogens with one attached hydrogen (secondary N) is 1. The summed E-state index contributed by atoms with van der Waals surface area (Å²) in [7, 11) is 0. The van der Waals surface area contributed by atoms with Gasteiger partial charge in [-0.2, -0.15) is 5.26 Å². The van der Waals surface area contributed by atoms with Gasteiger partial charge < -0.3 is 19.7 Å². The molecule has 2 amide bonds. The molecule has 0 unspecified atom stereocenters. The third kappa shape index (κ3) is 3.99. The van der Waals surface area contributed by atoms with Gasteiger partial charge in [-0.25, -0.2) is 9.78 Å². The van der Waals surface area contributed by atoms with Crippen LogP contribution in [0, 0.1) is 17.2 Å². The predicted molar refractivity (Wildman–Crippen MR) is 104 cm³/mol. The Morgan fingerprint density at radius 3 is 2.55 bits per heavy atom. The van der Waals surface area contributed by atoms with Crippen molar-refractivity contribution in [1.82, 2.24) is 9.88 Å². The van der Waals surface area contributed by atoms with Gasteiger partial charge in [0, 0.05) is 30.8 Å². The van der Waals surface area contributed by atoms with E-state index in [1.807, 2.05) is 6.07 Å². The van der Waals surface area contributed by atoms with Crippen molar-refractivity contribution in [3.05, 3.63) is 47.7 Å². The zero-order valence-corrected chi connectivity index (χ0v) is 15.8. The number of pyridine rings is 1. The standard InChI is InChI=1S/C21H20N4O4/c22-13-14-1-3-15(4-2-14)18(26)16-6-9-25(10-7-16)21(27)24-17-5-8-23-20-19(17)28-11-12-29-20/h1-5,8,16H,6-7,9-12H2,(H,23,24,27). The van der Waals surface area contributed by atoms with Gasteiger partial charge in [0.2, 0.25) is 5.75 Å². The minimum atomic E-state index is -0.239. The van der Waals surface area contributed by atoms with Crippen molar-refractivity contribution in [2.45, 2.75) is 12.8 Å². The molecule has 2 aromatic rings. The fourth-order valence-corrected chi connectivity index (χ4v) is 3.54. The lowest BCUT2D eigenvalue weighted by Gasteiger charge is -2.31. The molecule has 1 saturated heterocycles. The summed E-state index contributed by atoms with van der Waals surface area (Å²) in [5.41, 5.74) is 1.66. The first kappa shape index (κ1) is 18.7. The van der Waals surface area contributed by atoms with E-state index in [1.165, 1.54) is 0 Å². The molecule has 148 valence electrons. The number of benzene rings is 1. The third-order valence-corrected chi connectivity index (χ3v) is 5.13. The molecular formula is C21H20N4O4. The molecule has 8 nitrogen and oxygen atoms in total. The number of amides is 2. The molecule has 1 aromatic heterocycles. The minimum absolute atomic E-state index is 0.0586. The summed E-state index contributed by atoms with van der Waals surface area (Å²) in [6.45, 7) is 1.81. The molecule has 2 aliphatic rings. The number of piperidine rings is 1. The summed E-state index contributed by atoms with van der Waals surface area (Å²) in [5, 5.41) is 11.7. The number of Topliss-reactive ketones (excluding diaryl/α,β-unsaturated/α-hetero) is 1. The number of anilines is 1. The van der Waals surface area contributed by atoms with Crippen LogP contribution in [-0.4, -0.2) is 48.0 Å². The predicted octanol–water partition coefficient (Wildman–Crippen LogP) is 2.85. The lowest BCUT2D eigenvalue weighted by atomic mass is 9.89. The summed E-state index contributed by atoms with van der Waals surface area (Å²) in [4.78, 5) is 31.1. The zero-order chi connectivity index (χ0) is 20.2. The highest BCUT2D eigenvalue weighted by molar-refractivity contribution is 5.98. The van der Waals surface area contributed by atoms with Gasteiger partial charge in [0.1, 0.15) is 13.2 Å². The van der Waals surface area contributed by atoms with Crippen LogP contribution in [0.3, 0.4) is 0 Å². The summed E-state index contributed by atoms with van der Waals surface area (Å²) in [6, 6.07) is 10.2. The number of fused-ring (bicyclic) bond motifs is 1.